The number of hydrogen-bond acceptors (Lipinski definition) is 1. The topological polar surface area (TPSA) is 9.23 Å². The molecule has 2 aliphatic rings. The van der Waals surface area contributed by atoms with Crippen molar-refractivity contribution in [1.82, 2.24) is 0 Å². The fraction of sp³-hybridized carbons (Fsp3) is 0.571. The van der Waals surface area contributed by atoms with Gasteiger partial charge < -0.3 is 4.74 Å². The van der Waals surface area contributed by atoms with Gasteiger partial charge in [0.1, 0.15) is 6.10 Å². The minimum absolute atomic E-state index is 0.272. The van der Waals surface area contributed by atoms with Gasteiger partial charge in [-0.25, -0.2) is 0 Å². The quantitative estimate of drug-likeness (QED) is 0.580. The molecule has 0 saturated heterocycles. The second-order valence-corrected chi connectivity index (χ2v) is 4.87. The molecule has 2 rings (SSSR count). The summed E-state index contributed by atoms with van der Waals surface area (Å²) in [4.78, 5) is 0. The zero-order chi connectivity index (χ0) is 11.3. The van der Waals surface area contributed by atoms with Gasteiger partial charge in [-0.15, -0.1) is 0 Å². The summed E-state index contributed by atoms with van der Waals surface area (Å²) in [7, 11) is 0. The highest BCUT2D eigenvalue weighted by atomic mass is 16.5. The maximum atomic E-state index is 5.97. The van der Waals surface area contributed by atoms with E-state index in [0.29, 0.717) is 5.92 Å². The Balaban J connectivity index is 2.55. The first-order valence-electron chi connectivity index (χ1n) is 5.64. The summed E-state index contributed by atoms with van der Waals surface area (Å²) in [6.07, 6.45) is 0.272. The van der Waals surface area contributed by atoms with E-state index in [1.54, 1.807) is 0 Å². The van der Waals surface area contributed by atoms with Crippen LogP contribution < -0.4 is 0 Å². The Morgan fingerprint density at radius 2 is 1.27 bits per heavy atom. The molecule has 1 heterocycles. The summed E-state index contributed by atoms with van der Waals surface area (Å²) in [5.41, 5.74) is 7.16. The fourth-order valence-electron chi connectivity index (χ4n) is 2.73. The third kappa shape index (κ3) is 1.29. The first-order chi connectivity index (χ1) is 6.95. The number of fused-ring (bicyclic) bond motifs is 1. The van der Waals surface area contributed by atoms with Crippen LogP contribution >= 0.6 is 0 Å². The lowest BCUT2D eigenvalue weighted by molar-refractivity contribution is 0.150. The van der Waals surface area contributed by atoms with Gasteiger partial charge in [0.05, 0.1) is 5.76 Å². The third-order valence-electron chi connectivity index (χ3n) is 4.27. The molecule has 1 aliphatic heterocycles. The molecule has 0 amide bonds. The van der Waals surface area contributed by atoms with Gasteiger partial charge in [-0.3, -0.25) is 0 Å². The summed E-state index contributed by atoms with van der Waals surface area (Å²) in [6.45, 7) is 13.2. The van der Waals surface area contributed by atoms with E-state index in [-0.39, 0.29) is 6.10 Å². The van der Waals surface area contributed by atoms with Crippen LogP contribution in [0.25, 0.3) is 0 Å². The minimum atomic E-state index is 0.272. The van der Waals surface area contributed by atoms with Crippen molar-refractivity contribution in [3.8, 4) is 0 Å². The molecule has 0 fully saturated rings. The number of allylic oxidation sites excluding steroid dienone is 3. The average Bonchev–Trinajstić information content (AvgIpc) is 2.50. The van der Waals surface area contributed by atoms with Crippen LogP contribution in [0, 0.1) is 5.92 Å². The van der Waals surface area contributed by atoms with Crippen molar-refractivity contribution in [2.75, 3.05) is 0 Å². The van der Waals surface area contributed by atoms with E-state index in [0.717, 1.165) is 5.76 Å². The van der Waals surface area contributed by atoms with E-state index < -0.39 is 0 Å². The molecule has 0 aromatic carbocycles. The smallest absolute Gasteiger partial charge is 0.130 e. The molecule has 15 heavy (non-hydrogen) atoms. The summed E-state index contributed by atoms with van der Waals surface area (Å²) >= 11 is 0. The molecule has 1 nitrogen and oxygen atoms in total. The Labute approximate surface area is 92.5 Å². The Morgan fingerprint density at radius 1 is 0.733 bits per heavy atom. The predicted octanol–water partition coefficient (Wildman–Crippen LogP) is 3.98. The monoisotopic (exact) mass is 204 g/mol. The van der Waals surface area contributed by atoms with Gasteiger partial charge in [0, 0.05) is 5.92 Å². The Hall–Kier alpha value is -0.980. The molecule has 0 saturated carbocycles. The summed E-state index contributed by atoms with van der Waals surface area (Å²) in [5.74, 6) is 1.61. The Kier molecular flexibility index (Phi) is 2.29. The van der Waals surface area contributed by atoms with Crippen LogP contribution in [0.5, 0.6) is 0 Å². The van der Waals surface area contributed by atoms with Crippen molar-refractivity contribution >= 4 is 0 Å². The highest BCUT2D eigenvalue weighted by molar-refractivity contribution is 5.47. The van der Waals surface area contributed by atoms with Crippen LogP contribution in [-0.4, -0.2) is 6.10 Å². The number of ether oxygens (including phenoxy) is 1. The van der Waals surface area contributed by atoms with E-state index in [9.17, 15) is 0 Å². The molecule has 0 radical (unpaired) electrons. The Bertz CT molecular complexity index is 407. The van der Waals surface area contributed by atoms with Crippen LogP contribution in [0.1, 0.15) is 41.5 Å². The summed E-state index contributed by atoms with van der Waals surface area (Å²) in [5, 5.41) is 0. The van der Waals surface area contributed by atoms with Crippen molar-refractivity contribution in [3.05, 3.63) is 33.6 Å². The highest BCUT2D eigenvalue weighted by Gasteiger charge is 2.38. The molecule has 0 bridgehead atoms. The maximum absolute atomic E-state index is 5.97. The molecule has 0 aromatic rings. The largest absolute Gasteiger partial charge is 0.490 e. The van der Waals surface area contributed by atoms with Gasteiger partial charge in [-0.1, -0.05) is 5.57 Å². The first kappa shape index (κ1) is 10.5. The molecular formula is C14H20O. The van der Waals surface area contributed by atoms with Crippen molar-refractivity contribution in [2.45, 2.75) is 47.6 Å². The molecule has 1 heteroatoms. The molecule has 2 unspecified atom stereocenters. The van der Waals surface area contributed by atoms with Gasteiger partial charge in [0.15, 0.2) is 0 Å². The molecule has 2 atom stereocenters. The number of rotatable bonds is 0. The molecular weight excluding hydrogens is 184 g/mol. The van der Waals surface area contributed by atoms with E-state index >= 15 is 0 Å². The van der Waals surface area contributed by atoms with Crippen molar-refractivity contribution in [1.29, 1.82) is 0 Å². The minimum Gasteiger partial charge on any atom is -0.490 e. The molecule has 82 valence electrons. The van der Waals surface area contributed by atoms with Crippen LogP contribution in [0.4, 0.5) is 0 Å². The lowest BCUT2D eigenvalue weighted by Crippen LogP contribution is -2.26. The van der Waals surface area contributed by atoms with Gasteiger partial charge in [0.25, 0.3) is 0 Å². The first-order valence-corrected chi connectivity index (χ1v) is 5.64. The second-order valence-electron chi connectivity index (χ2n) is 4.87. The standard InChI is InChI=1S/C14H20O/c1-7-8(2)10(4)14-13(9(7)3)11(5)12(6)15-14/h13-14H,1-6H3. The Morgan fingerprint density at radius 3 is 1.87 bits per heavy atom. The summed E-state index contributed by atoms with van der Waals surface area (Å²) in [6, 6.07) is 0. The lowest BCUT2D eigenvalue weighted by Gasteiger charge is -2.30. The zero-order valence-electron chi connectivity index (χ0n) is 10.6. The van der Waals surface area contributed by atoms with Crippen molar-refractivity contribution in [3.63, 3.8) is 0 Å². The fourth-order valence-corrected chi connectivity index (χ4v) is 2.73. The van der Waals surface area contributed by atoms with E-state index in [4.69, 9.17) is 4.74 Å². The molecule has 0 spiro atoms. The van der Waals surface area contributed by atoms with Gasteiger partial charge in [-0.05, 0) is 63.8 Å². The molecule has 1 aliphatic carbocycles. The second kappa shape index (κ2) is 3.26. The third-order valence-corrected chi connectivity index (χ3v) is 4.27. The van der Waals surface area contributed by atoms with E-state index in [1.165, 1.54) is 27.9 Å². The van der Waals surface area contributed by atoms with Crippen LogP contribution in [0.2, 0.25) is 0 Å². The zero-order valence-corrected chi connectivity index (χ0v) is 10.6. The molecule has 0 N–H and O–H groups in total. The predicted molar refractivity (Wildman–Crippen MR) is 63.5 cm³/mol. The highest BCUT2D eigenvalue weighted by Crippen LogP contribution is 2.45. The average molecular weight is 204 g/mol. The SMILES string of the molecule is CC1=C(C)C2C(C)=C(C)C(C)=C(C)C2O1. The van der Waals surface area contributed by atoms with Crippen LogP contribution in [-0.2, 0) is 4.74 Å². The normalized spacial score (nSPS) is 31.1. The summed E-state index contributed by atoms with van der Waals surface area (Å²) < 4.78 is 5.97. The van der Waals surface area contributed by atoms with Crippen molar-refractivity contribution < 1.29 is 4.74 Å². The van der Waals surface area contributed by atoms with Crippen LogP contribution in [0.15, 0.2) is 33.6 Å². The van der Waals surface area contributed by atoms with Crippen molar-refractivity contribution in [2.24, 2.45) is 5.92 Å². The van der Waals surface area contributed by atoms with Gasteiger partial charge in [-0.2, -0.15) is 0 Å². The van der Waals surface area contributed by atoms with Crippen LogP contribution in [0.3, 0.4) is 0 Å². The van der Waals surface area contributed by atoms with Gasteiger partial charge in [0.2, 0.25) is 0 Å². The molecule has 0 aromatic heterocycles. The van der Waals surface area contributed by atoms with E-state index in [1.807, 2.05) is 0 Å². The van der Waals surface area contributed by atoms with E-state index in [2.05, 4.69) is 41.5 Å². The van der Waals surface area contributed by atoms with Gasteiger partial charge >= 0.3 is 0 Å². The maximum Gasteiger partial charge on any atom is 0.130 e. The lowest BCUT2D eigenvalue weighted by atomic mass is 9.76. The number of hydrogen-bond donors (Lipinski definition) is 0.